The first-order valence-electron chi connectivity index (χ1n) is 10.9. The summed E-state index contributed by atoms with van der Waals surface area (Å²) in [6.45, 7) is 8.78. The van der Waals surface area contributed by atoms with Gasteiger partial charge < -0.3 is 4.74 Å². The van der Waals surface area contributed by atoms with E-state index in [1.54, 1.807) is 17.0 Å². The van der Waals surface area contributed by atoms with Crippen LogP contribution in [0.15, 0.2) is 48.5 Å². The lowest BCUT2D eigenvalue weighted by atomic mass is 10.0. The molecule has 0 saturated carbocycles. The third kappa shape index (κ3) is 5.06. The molecule has 4 rings (SSSR count). The summed E-state index contributed by atoms with van der Waals surface area (Å²) < 4.78 is 22.4. The number of amides is 1. The van der Waals surface area contributed by atoms with E-state index in [0.717, 1.165) is 27.2 Å². The van der Waals surface area contributed by atoms with E-state index in [0.29, 0.717) is 24.1 Å². The maximum atomic E-state index is 14.0. The quantitative estimate of drug-likeness (QED) is 0.345. The van der Waals surface area contributed by atoms with E-state index >= 15 is 0 Å². The Morgan fingerprint density at radius 3 is 2.67 bits per heavy atom. The molecular formula is C25H27FN4O2S. The van der Waals surface area contributed by atoms with Gasteiger partial charge in [-0.3, -0.25) is 14.4 Å². The highest BCUT2D eigenvalue weighted by Gasteiger charge is 2.22. The van der Waals surface area contributed by atoms with Crippen molar-refractivity contribution in [1.82, 2.24) is 14.8 Å². The Kier molecular flexibility index (Phi) is 6.74. The minimum atomic E-state index is -0.499. The van der Waals surface area contributed by atoms with E-state index in [1.807, 2.05) is 36.7 Å². The first-order chi connectivity index (χ1) is 15.8. The number of fused-ring (bicyclic) bond motifs is 1. The molecule has 0 radical (unpaired) electrons. The summed E-state index contributed by atoms with van der Waals surface area (Å²) in [5.41, 5.74) is 4.00. The average Bonchev–Trinajstić information content (AvgIpc) is 3.35. The third-order valence-electron chi connectivity index (χ3n) is 5.42. The zero-order valence-corrected chi connectivity index (χ0v) is 20.0. The van der Waals surface area contributed by atoms with Crippen LogP contribution in [-0.2, 0) is 11.3 Å². The number of hydrogen-bond donors (Lipinski definition) is 0. The van der Waals surface area contributed by atoms with Crippen LogP contribution in [0.5, 0.6) is 5.75 Å². The highest BCUT2D eigenvalue weighted by molar-refractivity contribution is 7.22. The van der Waals surface area contributed by atoms with E-state index in [1.165, 1.54) is 23.5 Å². The number of ether oxygens (including phenoxy) is 1. The molecule has 0 aliphatic carbocycles. The lowest BCUT2D eigenvalue weighted by Crippen LogP contribution is -2.37. The molecular weight excluding hydrogens is 439 g/mol. The molecule has 0 fully saturated rings. The van der Waals surface area contributed by atoms with Gasteiger partial charge in [-0.2, -0.15) is 5.10 Å². The molecule has 0 N–H and O–H groups in total. The van der Waals surface area contributed by atoms with E-state index in [9.17, 15) is 9.18 Å². The van der Waals surface area contributed by atoms with Gasteiger partial charge in [0.05, 0.1) is 22.5 Å². The minimum absolute atomic E-state index is 0.0516. The van der Waals surface area contributed by atoms with Crippen molar-refractivity contribution >= 4 is 32.6 Å². The topological polar surface area (TPSA) is 60.2 Å². The number of carbonyl (C=O) groups is 1. The minimum Gasteiger partial charge on any atom is -0.481 e. The summed E-state index contributed by atoms with van der Waals surface area (Å²) in [5.74, 6) is -0.423. The van der Waals surface area contributed by atoms with Gasteiger partial charge in [0.1, 0.15) is 0 Å². The van der Waals surface area contributed by atoms with Crippen molar-refractivity contribution in [1.29, 1.82) is 0 Å². The predicted octanol–water partition coefficient (Wildman–Crippen LogP) is 5.48. The van der Waals surface area contributed by atoms with Crippen LogP contribution in [0, 0.1) is 19.7 Å². The molecule has 1 amide bonds. The van der Waals surface area contributed by atoms with Gasteiger partial charge in [0.25, 0.3) is 5.91 Å². The Labute approximate surface area is 196 Å². The fraction of sp³-hybridized carbons (Fsp3) is 0.320. The van der Waals surface area contributed by atoms with Gasteiger partial charge in [-0.15, -0.1) is 0 Å². The summed E-state index contributed by atoms with van der Waals surface area (Å²) in [4.78, 5) is 19.7. The number of hydrogen-bond acceptors (Lipinski definition) is 5. The molecule has 2 aromatic carbocycles. The van der Waals surface area contributed by atoms with E-state index in [4.69, 9.17) is 9.72 Å². The van der Waals surface area contributed by atoms with Crippen LogP contribution in [0.4, 0.5) is 9.52 Å². The largest absolute Gasteiger partial charge is 0.481 e. The van der Waals surface area contributed by atoms with Crippen molar-refractivity contribution < 1.29 is 13.9 Å². The molecule has 172 valence electrons. The smallest absolute Gasteiger partial charge is 0.266 e. The predicted molar refractivity (Wildman–Crippen MR) is 130 cm³/mol. The normalized spacial score (nSPS) is 11.3. The summed E-state index contributed by atoms with van der Waals surface area (Å²) in [6.07, 6.45) is 0. The van der Waals surface area contributed by atoms with Gasteiger partial charge in [-0.05, 0) is 49.6 Å². The second-order valence-corrected chi connectivity index (χ2v) is 9.27. The van der Waals surface area contributed by atoms with Gasteiger partial charge in [-0.25, -0.2) is 9.37 Å². The van der Waals surface area contributed by atoms with Crippen LogP contribution in [0.1, 0.15) is 36.7 Å². The lowest BCUT2D eigenvalue weighted by Gasteiger charge is -2.20. The van der Waals surface area contributed by atoms with Crippen molar-refractivity contribution in [3.63, 3.8) is 0 Å². The average molecular weight is 467 g/mol. The maximum absolute atomic E-state index is 14.0. The number of benzene rings is 2. The Morgan fingerprint density at radius 2 is 1.97 bits per heavy atom. The van der Waals surface area contributed by atoms with Crippen molar-refractivity contribution in [2.75, 3.05) is 18.1 Å². The number of aromatic nitrogens is 3. The second-order valence-electron chi connectivity index (χ2n) is 8.26. The molecule has 6 nitrogen and oxygen atoms in total. The Morgan fingerprint density at radius 1 is 1.18 bits per heavy atom. The monoisotopic (exact) mass is 466 g/mol. The Bertz CT molecular complexity index is 1280. The fourth-order valence-corrected chi connectivity index (χ4v) is 4.79. The number of carbonyl (C=O) groups excluding carboxylic acids is 1. The van der Waals surface area contributed by atoms with Crippen LogP contribution < -0.4 is 9.64 Å². The van der Waals surface area contributed by atoms with Gasteiger partial charge in [0.15, 0.2) is 23.3 Å². The number of rotatable bonds is 8. The van der Waals surface area contributed by atoms with Gasteiger partial charge in [-0.1, -0.05) is 49.4 Å². The molecule has 0 atom stereocenters. The van der Waals surface area contributed by atoms with Crippen molar-refractivity contribution in [3.8, 4) is 5.75 Å². The number of nitrogens with zero attached hydrogens (tertiary/aromatic N) is 4. The summed E-state index contributed by atoms with van der Waals surface area (Å²) >= 11 is 1.47. The second kappa shape index (κ2) is 9.70. The summed E-state index contributed by atoms with van der Waals surface area (Å²) in [5, 5.41) is 5.10. The standard InChI is InChI=1S/C25H27FN4O2S/c1-16(2)19-8-7-11-22-24(19)27-25(33-22)29(12-13-30-18(4)14-17(3)28-30)23(31)15-32-21-10-6-5-9-20(21)26/h5-11,14,16H,12-13,15H2,1-4H3. The van der Waals surface area contributed by atoms with Crippen LogP contribution in [-0.4, -0.2) is 33.8 Å². The molecule has 0 bridgehead atoms. The van der Waals surface area contributed by atoms with Crippen molar-refractivity contribution in [2.24, 2.45) is 0 Å². The number of para-hydroxylation sites is 2. The maximum Gasteiger partial charge on any atom is 0.266 e. The Balaban J connectivity index is 1.62. The van der Waals surface area contributed by atoms with Gasteiger partial charge in [0, 0.05) is 12.2 Å². The first kappa shape index (κ1) is 22.9. The first-order valence-corrected chi connectivity index (χ1v) is 11.7. The van der Waals surface area contributed by atoms with E-state index < -0.39 is 5.82 Å². The molecule has 0 spiro atoms. The highest BCUT2D eigenvalue weighted by Crippen LogP contribution is 2.33. The third-order valence-corrected chi connectivity index (χ3v) is 6.46. The molecule has 2 heterocycles. The molecule has 8 heteroatoms. The van der Waals surface area contributed by atoms with E-state index in [2.05, 4.69) is 25.0 Å². The van der Waals surface area contributed by atoms with Crippen LogP contribution in [0.25, 0.3) is 10.2 Å². The van der Waals surface area contributed by atoms with Gasteiger partial charge in [0.2, 0.25) is 0 Å². The van der Waals surface area contributed by atoms with E-state index in [-0.39, 0.29) is 18.3 Å². The molecule has 4 aromatic rings. The van der Waals surface area contributed by atoms with Crippen LogP contribution in [0.3, 0.4) is 0 Å². The zero-order chi connectivity index (χ0) is 23.5. The van der Waals surface area contributed by atoms with Crippen molar-refractivity contribution in [3.05, 3.63) is 71.3 Å². The number of halogens is 1. The lowest BCUT2D eigenvalue weighted by molar-refractivity contribution is -0.120. The summed E-state index contributed by atoms with van der Waals surface area (Å²) in [6, 6.07) is 14.2. The Hall–Kier alpha value is -3.26. The molecule has 33 heavy (non-hydrogen) atoms. The van der Waals surface area contributed by atoms with Crippen molar-refractivity contribution in [2.45, 2.75) is 40.2 Å². The number of thiazole rings is 1. The van der Waals surface area contributed by atoms with Crippen LogP contribution in [0.2, 0.25) is 0 Å². The molecule has 0 saturated heterocycles. The molecule has 0 aliphatic rings. The molecule has 2 aromatic heterocycles. The highest BCUT2D eigenvalue weighted by atomic mass is 32.1. The molecule has 0 unspecified atom stereocenters. The number of aryl methyl sites for hydroxylation is 2. The number of anilines is 1. The zero-order valence-electron chi connectivity index (χ0n) is 19.2. The summed E-state index contributed by atoms with van der Waals surface area (Å²) in [7, 11) is 0. The molecule has 0 aliphatic heterocycles. The van der Waals surface area contributed by atoms with Crippen LogP contribution >= 0.6 is 11.3 Å². The fourth-order valence-electron chi connectivity index (χ4n) is 3.74. The SMILES string of the molecule is Cc1cc(C)n(CCN(C(=O)COc2ccccc2F)c2nc3c(C(C)C)cccc3s2)n1. The van der Waals surface area contributed by atoms with Gasteiger partial charge >= 0.3 is 0 Å².